The first-order valence-electron chi connectivity index (χ1n) is 7.10. The molecule has 0 amide bonds. The summed E-state index contributed by atoms with van der Waals surface area (Å²) in [5, 5.41) is 3.25. The van der Waals surface area contributed by atoms with Gasteiger partial charge in [0, 0.05) is 6.04 Å². The molecule has 0 aliphatic rings. The van der Waals surface area contributed by atoms with Crippen LogP contribution in [0.3, 0.4) is 0 Å². The summed E-state index contributed by atoms with van der Waals surface area (Å²) in [4.78, 5) is 0. The van der Waals surface area contributed by atoms with Crippen molar-refractivity contribution in [3.8, 4) is 5.75 Å². The molecule has 0 radical (unpaired) electrons. The molecule has 114 valence electrons. The van der Waals surface area contributed by atoms with Crippen molar-refractivity contribution in [3.05, 3.63) is 29.8 Å². The van der Waals surface area contributed by atoms with E-state index in [1.165, 1.54) is 0 Å². The summed E-state index contributed by atoms with van der Waals surface area (Å²) in [5.74, 6) is 1.14. The number of benzene rings is 1. The van der Waals surface area contributed by atoms with Gasteiger partial charge in [0.1, 0.15) is 5.75 Å². The lowest BCUT2D eigenvalue weighted by atomic mass is 10.1. The van der Waals surface area contributed by atoms with Gasteiger partial charge in [-0.15, -0.1) is 0 Å². The molecule has 0 bridgehead atoms. The second-order valence-electron chi connectivity index (χ2n) is 4.85. The predicted molar refractivity (Wildman–Crippen MR) is 83.0 cm³/mol. The molecule has 1 aromatic carbocycles. The highest BCUT2D eigenvalue weighted by Crippen LogP contribution is 2.21. The van der Waals surface area contributed by atoms with E-state index in [0.29, 0.717) is 0 Å². The first-order valence-corrected chi connectivity index (χ1v) is 8.92. The van der Waals surface area contributed by atoms with Crippen LogP contribution in [0.4, 0.5) is 0 Å². The van der Waals surface area contributed by atoms with Crippen LogP contribution in [0.25, 0.3) is 0 Å². The topological polar surface area (TPSA) is 55.4 Å². The molecule has 1 rings (SSSR count). The number of nitrogens with one attached hydrogen (secondary N) is 1. The molecule has 0 aliphatic carbocycles. The molecule has 0 aromatic heterocycles. The smallest absolute Gasteiger partial charge is 0.152 e. The van der Waals surface area contributed by atoms with Gasteiger partial charge in [-0.2, -0.15) is 0 Å². The van der Waals surface area contributed by atoms with Gasteiger partial charge < -0.3 is 10.1 Å². The average Bonchev–Trinajstić information content (AvgIpc) is 2.44. The second kappa shape index (κ2) is 8.27. The summed E-state index contributed by atoms with van der Waals surface area (Å²) in [6, 6.07) is 7.39. The molecule has 5 heteroatoms. The normalized spacial score (nSPS) is 13.2. The number of hydrogen-bond acceptors (Lipinski definition) is 4. The van der Waals surface area contributed by atoms with Crippen molar-refractivity contribution in [3.63, 3.8) is 0 Å². The maximum absolute atomic E-state index is 12.1. The van der Waals surface area contributed by atoms with Crippen LogP contribution >= 0.6 is 0 Å². The molecule has 1 unspecified atom stereocenters. The minimum atomic E-state index is -3.04. The largest absolute Gasteiger partial charge is 0.497 e. The van der Waals surface area contributed by atoms with Crippen LogP contribution < -0.4 is 10.1 Å². The van der Waals surface area contributed by atoms with Gasteiger partial charge in [-0.1, -0.05) is 32.4 Å². The van der Waals surface area contributed by atoms with E-state index in [1.54, 1.807) is 7.11 Å². The highest BCUT2D eigenvalue weighted by Gasteiger charge is 2.20. The van der Waals surface area contributed by atoms with E-state index >= 15 is 0 Å². The minimum absolute atomic E-state index is 0.133. The maximum Gasteiger partial charge on any atom is 0.152 e. The van der Waals surface area contributed by atoms with E-state index in [-0.39, 0.29) is 17.5 Å². The van der Waals surface area contributed by atoms with Crippen molar-refractivity contribution >= 4 is 9.84 Å². The molecular weight excluding hydrogens is 274 g/mol. The predicted octanol–water partition coefficient (Wildman–Crippen LogP) is 2.56. The summed E-state index contributed by atoms with van der Waals surface area (Å²) in [7, 11) is -1.43. The summed E-state index contributed by atoms with van der Waals surface area (Å²) in [6.45, 7) is 4.70. The Kier molecular flexibility index (Phi) is 7.02. The summed E-state index contributed by atoms with van der Waals surface area (Å²) >= 11 is 0. The van der Waals surface area contributed by atoms with Gasteiger partial charge in [-0.3, -0.25) is 0 Å². The monoisotopic (exact) mass is 299 g/mol. The van der Waals surface area contributed by atoms with E-state index in [1.807, 2.05) is 38.1 Å². The summed E-state index contributed by atoms with van der Waals surface area (Å²) in [5.41, 5.74) is 0.950. The number of hydrogen-bond donors (Lipinski definition) is 1. The van der Waals surface area contributed by atoms with E-state index in [2.05, 4.69) is 5.32 Å². The summed E-state index contributed by atoms with van der Waals surface area (Å²) in [6.07, 6.45) is 1.61. The SMILES string of the molecule is CCCCS(=O)(=O)CC(NCC)c1cccc(OC)c1. The van der Waals surface area contributed by atoms with Gasteiger partial charge in [0.15, 0.2) is 9.84 Å². The molecule has 1 aromatic rings. The van der Waals surface area contributed by atoms with Gasteiger partial charge in [0.25, 0.3) is 0 Å². The molecule has 0 fully saturated rings. The van der Waals surface area contributed by atoms with Crippen LogP contribution in [0.2, 0.25) is 0 Å². The van der Waals surface area contributed by atoms with E-state index in [0.717, 1.165) is 30.7 Å². The Labute approximate surface area is 122 Å². The third-order valence-corrected chi connectivity index (χ3v) is 4.93. The Morgan fingerprint density at radius 1 is 1.30 bits per heavy atom. The Balaban J connectivity index is 2.87. The van der Waals surface area contributed by atoms with E-state index in [4.69, 9.17) is 4.74 Å². The Morgan fingerprint density at radius 2 is 2.05 bits per heavy atom. The zero-order valence-corrected chi connectivity index (χ0v) is 13.4. The van der Waals surface area contributed by atoms with Crippen LogP contribution in [-0.2, 0) is 9.84 Å². The second-order valence-corrected chi connectivity index (χ2v) is 7.08. The molecule has 4 nitrogen and oxygen atoms in total. The fourth-order valence-electron chi connectivity index (χ4n) is 2.08. The highest BCUT2D eigenvalue weighted by atomic mass is 32.2. The molecule has 1 atom stereocenters. The first-order chi connectivity index (χ1) is 9.52. The van der Waals surface area contributed by atoms with Gasteiger partial charge in [-0.05, 0) is 30.7 Å². The minimum Gasteiger partial charge on any atom is -0.497 e. The molecular formula is C15H25NO3S. The molecule has 0 aliphatic heterocycles. The Hall–Kier alpha value is -1.07. The molecule has 0 saturated carbocycles. The van der Waals surface area contributed by atoms with Crippen LogP contribution in [-0.4, -0.2) is 33.6 Å². The van der Waals surface area contributed by atoms with Crippen LogP contribution in [0, 0.1) is 0 Å². The molecule has 20 heavy (non-hydrogen) atoms. The molecule has 1 N–H and O–H groups in total. The third-order valence-electron chi connectivity index (χ3n) is 3.18. The zero-order chi connectivity index (χ0) is 15.0. The van der Waals surface area contributed by atoms with Crippen molar-refractivity contribution < 1.29 is 13.2 Å². The fraction of sp³-hybridized carbons (Fsp3) is 0.600. The standard InChI is InChI=1S/C15H25NO3S/c1-4-6-10-20(17,18)12-15(16-5-2)13-8-7-9-14(11-13)19-3/h7-9,11,15-16H,4-6,10,12H2,1-3H3. The van der Waals surface area contributed by atoms with E-state index < -0.39 is 9.84 Å². The third kappa shape index (κ3) is 5.51. The number of unbranched alkanes of at least 4 members (excludes halogenated alkanes) is 1. The highest BCUT2D eigenvalue weighted by molar-refractivity contribution is 7.91. The van der Waals surface area contributed by atoms with Gasteiger partial charge in [-0.25, -0.2) is 8.42 Å². The van der Waals surface area contributed by atoms with Crippen LogP contribution in [0.1, 0.15) is 38.3 Å². The van der Waals surface area contributed by atoms with Gasteiger partial charge in [0.2, 0.25) is 0 Å². The van der Waals surface area contributed by atoms with Crippen molar-refractivity contribution in [2.45, 2.75) is 32.7 Å². The Morgan fingerprint density at radius 3 is 2.65 bits per heavy atom. The average molecular weight is 299 g/mol. The Bertz CT molecular complexity index is 500. The first kappa shape index (κ1) is 17.0. The lowest BCUT2D eigenvalue weighted by Gasteiger charge is -2.19. The van der Waals surface area contributed by atoms with Gasteiger partial charge >= 0.3 is 0 Å². The van der Waals surface area contributed by atoms with Crippen molar-refractivity contribution in [1.29, 1.82) is 0 Å². The number of ether oxygens (including phenoxy) is 1. The van der Waals surface area contributed by atoms with E-state index in [9.17, 15) is 8.42 Å². The lowest BCUT2D eigenvalue weighted by Crippen LogP contribution is -2.29. The number of methoxy groups -OCH3 is 1. The lowest BCUT2D eigenvalue weighted by molar-refractivity contribution is 0.413. The number of sulfone groups is 1. The van der Waals surface area contributed by atoms with Crippen LogP contribution in [0.15, 0.2) is 24.3 Å². The quantitative estimate of drug-likeness (QED) is 0.761. The fourth-order valence-corrected chi connectivity index (χ4v) is 3.79. The van der Waals surface area contributed by atoms with Gasteiger partial charge in [0.05, 0.1) is 18.6 Å². The van der Waals surface area contributed by atoms with Crippen LogP contribution in [0.5, 0.6) is 5.75 Å². The molecule has 0 saturated heterocycles. The molecule has 0 spiro atoms. The van der Waals surface area contributed by atoms with Crippen molar-refractivity contribution in [2.75, 3.05) is 25.2 Å². The number of rotatable bonds is 9. The molecule has 0 heterocycles. The zero-order valence-electron chi connectivity index (χ0n) is 12.6. The van der Waals surface area contributed by atoms with Crippen molar-refractivity contribution in [2.24, 2.45) is 0 Å². The maximum atomic E-state index is 12.1. The van der Waals surface area contributed by atoms with Crippen molar-refractivity contribution in [1.82, 2.24) is 5.32 Å². The summed E-state index contributed by atoms with van der Waals surface area (Å²) < 4.78 is 29.5.